The first-order valence-electron chi connectivity index (χ1n) is 4.79. The average Bonchev–Trinajstić information content (AvgIpc) is 2.81. The van der Waals surface area contributed by atoms with Crippen LogP contribution >= 0.6 is 15.9 Å². The molecule has 0 N–H and O–H groups in total. The van der Waals surface area contributed by atoms with Gasteiger partial charge in [0.15, 0.2) is 11.4 Å². The zero-order chi connectivity index (χ0) is 13.1. The van der Waals surface area contributed by atoms with E-state index in [-0.39, 0.29) is 11.4 Å². The summed E-state index contributed by atoms with van der Waals surface area (Å²) < 4.78 is 2.20. The van der Waals surface area contributed by atoms with Crippen LogP contribution in [-0.4, -0.2) is 9.55 Å². The smallest absolute Gasteiger partial charge is 0.177 e. The molecule has 0 fully saturated rings. The Kier molecular flexibility index (Phi) is 3.10. The zero-order valence-electron chi connectivity index (χ0n) is 8.92. The Balaban J connectivity index is 2.75. The molecule has 1 heterocycles. The van der Waals surface area contributed by atoms with Gasteiger partial charge in [-0.2, -0.15) is 15.8 Å². The first-order valence-corrected chi connectivity index (χ1v) is 5.58. The average molecular weight is 298 g/mol. The maximum absolute atomic E-state index is 9.06. The van der Waals surface area contributed by atoms with Gasteiger partial charge in [-0.1, -0.05) is 15.9 Å². The van der Waals surface area contributed by atoms with Gasteiger partial charge in [-0.3, -0.25) is 4.57 Å². The summed E-state index contributed by atoms with van der Waals surface area (Å²) in [4.78, 5) is 3.84. The highest BCUT2D eigenvalue weighted by Crippen LogP contribution is 2.22. The molecular formula is C12H4BrN5. The fourth-order valence-corrected chi connectivity index (χ4v) is 1.87. The van der Waals surface area contributed by atoms with E-state index in [2.05, 4.69) is 20.9 Å². The summed E-state index contributed by atoms with van der Waals surface area (Å²) in [6.07, 6.45) is 1.36. The van der Waals surface area contributed by atoms with Gasteiger partial charge in [0.1, 0.15) is 24.5 Å². The number of imidazole rings is 1. The molecule has 0 aliphatic carbocycles. The number of aromatic nitrogens is 2. The third-order valence-electron chi connectivity index (χ3n) is 2.32. The minimum atomic E-state index is 0.0429. The zero-order valence-corrected chi connectivity index (χ0v) is 10.5. The standard InChI is InChI=1S/C12H4BrN5/c13-9-2-1-8(4-14)11(3-9)18-7-17-10(5-15)12(18)6-16/h1-3,7H. The first-order chi connectivity index (χ1) is 8.71. The molecule has 1 aromatic carbocycles. The van der Waals surface area contributed by atoms with Crippen LogP contribution in [0.1, 0.15) is 17.0 Å². The fourth-order valence-electron chi connectivity index (χ4n) is 1.52. The molecule has 0 saturated carbocycles. The molecule has 1 aromatic heterocycles. The van der Waals surface area contributed by atoms with Gasteiger partial charge in [-0.15, -0.1) is 0 Å². The van der Waals surface area contributed by atoms with E-state index in [4.69, 9.17) is 15.8 Å². The van der Waals surface area contributed by atoms with Gasteiger partial charge < -0.3 is 0 Å². The Morgan fingerprint density at radius 1 is 1.11 bits per heavy atom. The molecule has 0 aliphatic rings. The van der Waals surface area contributed by atoms with E-state index in [1.165, 1.54) is 10.9 Å². The maximum atomic E-state index is 9.06. The van der Waals surface area contributed by atoms with Crippen LogP contribution in [0.5, 0.6) is 0 Å². The number of benzene rings is 1. The van der Waals surface area contributed by atoms with E-state index >= 15 is 0 Å². The first kappa shape index (κ1) is 11.9. The second kappa shape index (κ2) is 4.71. The Labute approximate surface area is 111 Å². The summed E-state index contributed by atoms with van der Waals surface area (Å²) in [5, 5.41) is 26.9. The molecule has 0 bridgehead atoms. The molecular weight excluding hydrogens is 294 g/mol. The third-order valence-corrected chi connectivity index (χ3v) is 2.81. The van der Waals surface area contributed by atoms with Gasteiger partial charge in [0, 0.05) is 4.47 Å². The van der Waals surface area contributed by atoms with Crippen LogP contribution in [0.15, 0.2) is 29.0 Å². The molecule has 0 aliphatic heterocycles. The van der Waals surface area contributed by atoms with E-state index in [0.29, 0.717) is 11.3 Å². The lowest BCUT2D eigenvalue weighted by Crippen LogP contribution is -1.99. The van der Waals surface area contributed by atoms with Crippen molar-refractivity contribution in [3.05, 3.63) is 46.0 Å². The lowest BCUT2D eigenvalue weighted by Gasteiger charge is -2.06. The van der Waals surface area contributed by atoms with Crippen LogP contribution < -0.4 is 0 Å². The molecule has 6 heteroatoms. The summed E-state index contributed by atoms with van der Waals surface area (Å²) in [5.41, 5.74) is 1.07. The van der Waals surface area contributed by atoms with E-state index in [9.17, 15) is 0 Å². The van der Waals surface area contributed by atoms with Crippen LogP contribution in [0.2, 0.25) is 0 Å². The lowest BCUT2D eigenvalue weighted by atomic mass is 10.2. The summed E-state index contributed by atoms with van der Waals surface area (Å²) >= 11 is 3.30. The van der Waals surface area contributed by atoms with Crippen molar-refractivity contribution >= 4 is 15.9 Å². The predicted molar refractivity (Wildman–Crippen MR) is 65.4 cm³/mol. The number of nitrogens with zero attached hydrogens (tertiary/aromatic N) is 5. The second-order valence-electron chi connectivity index (χ2n) is 3.31. The largest absolute Gasteiger partial charge is 0.288 e. The van der Waals surface area contributed by atoms with Crippen molar-refractivity contribution in [1.29, 1.82) is 15.8 Å². The number of nitriles is 3. The SMILES string of the molecule is N#Cc1ccc(Br)cc1-n1cnc(C#N)c1C#N. The van der Waals surface area contributed by atoms with Crippen molar-refractivity contribution in [2.75, 3.05) is 0 Å². The van der Waals surface area contributed by atoms with Crippen molar-refractivity contribution in [3.8, 4) is 23.9 Å². The van der Waals surface area contributed by atoms with Gasteiger partial charge in [-0.05, 0) is 18.2 Å². The highest BCUT2D eigenvalue weighted by molar-refractivity contribution is 9.10. The van der Waals surface area contributed by atoms with Gasteiger partial charge in [0.25, 0.3) is 0 Å². The van der Waals surface area contributed by atoms with Crippen LogP contribution in [0.3, 0.4) is 0 Å². The third kappa shape index (κ3) is 1.84. The number of halogens is 1. The number of hydrogen-bond acceptors (Lipinski definition) is 4. The summed E-state index contributed by atoms with van der Waals surface area (Å²) in [6, 6.07) is 10.9. The molecule has 18 heavy (non-hydrogen) atoms. The minimum Gasteiger partial charge on any atom is -0.288 e. The van der Waals surface area contributed by atoms with Crippen LogP contribution in [0.4, 0.5) is 0 Å². The van der Waals surface area contributed by atoms with E-state index in [0.717, 1.165) is 4.47 Å². The Morgan fingerprint density at radius 2 is 1.89 bits per heavy atom. The Hall–Kier alpha value is -2.62. The van der Waals surface area contributed by atoms with Gasteiger partial charge in [-0.25, -0.2) is 4.98 Å². The topological polar surface area (TPSA) is 89.2 Å². The monoisotopic (exact) mass is 297 g/mol. The van der Waals surface area contributed by atoms with Crippen molar-refractivity contribution in [3.63, 3.8) is 0 Å². The molecule has 0 saturated heterocycles. The molecule has 0 spiro atoms. The summed E-state index contributed by atoms with van der Waals surface area (Å²) in [7, 11) is 0. The normalized spacial score (nSPS) is 9.22. The van der Waals surface area contributed by atoms with Crippen LogP contribution in [-0.2, 0) is 0 Å². The van der Waals surface area contributed by atoms with Crippen LogP contribution in [0.25, 0.3) is 5.69 Å². The summed E-state index contributed by atoms with van der Waals surface area (Å²) in [6.45, 7) is 0. The Bertz CT molecular complexity index is 739. The second-order valence-corrected chi connectivity index (χ2v) is 4.22. The molecule has 0 amide bonds. The summed E-state index contributed by atoms with van der Waals surface area (Å²) in [5.74, 6) is 0. The lowest BCUT2D eigenvalue weighted by molar-refractivity contribution is 1.03. The van der Waals surface area contributed by atoms with E-state index < -0.39 is 0 Å². The molecule has 0 atom stereocenters. The number of hydrogen-bond donors (Lipinski definition) is 0. The van der Waals surface area contributed by atoms with E-state index in [1.807, 2.05) is 18.2 Å². The van der Waals surface area contributed by atoms with Crippen molar-refractivity contribution in [2.45, 2.75) is 0 Å². The molecule has 0 unspecified atom stereocenters. The van der Waals surface area contributed by atoms with Gasteiger partial charge >= 0.3 is 0 Å². The maximum Gasteiger partial charge on any atom is 0.177 e. The highest BCUT2D eigenvalue weighted by Gasteiger charge is 2.14. The quantitative estimate of drug-likeness (QED) is 0.807. The van der Waals surface area contributed by atoms with Crippen LogP contribution in [0, 0.1) is 34.0 Å². The Morgan fingerprint density at radius 3 is 2.50 bits per heavy atom. The molecule has 5 nitrogen and oxygen atoms in total. The van der Waals surface area contributed by atoms with Gasteiger partial charge in [0.05, 0.1) is 11.3 Å². The number of rotatable bonds is 1. The molecule has 2 rings (SSSR count). The van der Waals surface area contributed by atoms with Crippen molar-refractivity contribution in [2.24, 2.45) is 0 Å². The predicted octanol–water partition coefficient (Wildman–Crippen LogP) is 2.25. The minimum absolute atomic E-state index is 0.0429. The molecule has 84 valence electrons. The molecule has 0 radical (unpaired) electrons. The van der Waals surface area contributed by atoms with E-state index in [1.54, 1.807) is 18.2 Å². The van der Waals surface area contributed by atoms with Crippen molar-refractivity contribution < 1.29 is 0 Å². The molecule has 2 aromatic rings. The van der Waals surface area contributed by atoms with Gasteiger partial charge in [0.2, 0.25) is 0 Å². The van der Waals surface area contributed by atoms with Crippen molar-refractivity contribution in [1.82, 2.24) is 9.55 Å². The highest BCUT2D eigenvalue weighted by atomic mass is 79.9. The fraction of sp³-hybridized carbons (Fsp3) is 0.